The third-order valence-electron chi connectivity index (χ3n) is 2.47. The molecule has 2 rings (SSSR count). The van der Waals surface area contributed by atoms with Crippen LogP contribution in [0, 0.1) is 6.92 Å². The van der Waals surface area contributed by atoms with E-state index in [-0.39, 0.29) is 0 Å². The molecule has 0 saturated carbocycles. The molecule has 0 atom stereocenters. The van der Waals surface area contributed by atoms with E-state index in [0.717, 1.165) is 29.6 Å². The van der Waals surface area contributed by atoms with Crippen LogP contribution in [0.4, 0.5) is 11.6 Å². The Balaban J connectivity index is 2.18. The maximum Gasteiger partial charge on any atom is 0.134 e. The number of nitrogens with zero attached hydrogens (tertiary/aromatic N) is 3. The summed E-state index contributed by atoms with van der Waals surface area (Å²) in [7, 11) is 3.84. The van der Waals surface area contributed by atoms with E-state index in [1.165, 1.54) is 0 Å². The van der Waals surface area contributed by atoms with Crippen molar-refractivity contribution >= 4 is 11.6 Å². The molecule has 90 valence electrons. The molecule has 0 fully saturated rings. The fourth-order valence-corrected chi connectivity index (χ4v) is 1.61. The van der Waals surface area contributed by atoms with Gasteiger partial charge < -0.3 is 14.6 Å². The van der Waals surface area contributed by atoms with Gasteiger partial charge in [-0.1, -0.05) is 0 Å². The molecule has 0 spiro atoms. The Hall–Kier alpha value is -2.04. The molecule has 2 heterocycles. The molecule has 0 aliphatic heterocycles. The first kappa shape index (κ1) is 11.4. The van der Waals surface area contributed by atoms with Gasteiger partial charge in [0.1, 0.15) is 17.5 Å². The van der Waals surface area contributed by atoms with Crippen LogP contribution in [0.3, 0.4) is 0 Å². The highest BCUT2D eigenvalue weighted by Crippen LogP contribution is 2.16. The van der Waals surface area contributed by atoms with Crippen molar-refractivity contribution < 1.29 is 4.42 Å². The van der Waals surface area contributed by atoms with E-state index in [4.69, 9.17) is 4.42 Å². The van der Waals surface area contributed by atoms with Gasteiger partial charge in [-0.3, -0.25) is 0 Å². The fourth-order valence-electron chi connectivity index (χ4n) is 1.61. The molecule has 2 aromatic heterocycles. The smallest absolute Gasteiger partial charge is 0.134 e. The lowest BCUT2D eigenvalue weighted by Crippen LogP contribution is -2.18. The van der Waals surface area contributed by atoms with Crippen LogP contribution in [0.25, 0.3) is 0 Å². The van der Waals surface area contributed by atoms with Crippen molar-refractivity contribution in [3.05, 3.63) is 36.0 Å². The monoisotopic (exact) mass is 232 g/mol. The number of anilines is 2. The Morgan fingerprint density at radius 1 is 1.41 bits per heavy atom. The highest BCUT2D eigenvalue weighted by Gasteiger charge is 2.07. The first-order valence-electron chi connectivity index (χ1n) is 5.44. The number of nitrogens with one attached hydrogen (secondary N) is 1. The second-order valence-electron chi connectivity index (χ2n) is 3.90. The second kappa shape index (κ2) is 4.86. The SMILES string of the molecule is CNc1cc(N(C)Cc2ccoc2)nc(C)n1. The summed E-state index contributed by atoms with van der Waals surface area (Å²) in [5, 5.41) is 3.03. The maximum atomic E-state index is 5.05. The molecule has 0 amide bonds. The normalized spacial score (nSPS) is 10.3. The number of hydrogen-bond donors (Lipinski definition) is 1. The molecule has 0 radical (unpaired) electrons. The lowest BCUT2D eigenvalue weighted by molar-refractivity contribution is 0.563. The summed E-state index contributed by atoms with van der Waals surface area (Å²) in [4.78, 5) is 10.7. The van der Waals surface area contributed by atoms with E-state index in [9.17, 15) is 0 Å². The molecule has 2 aromatic rings. The lowest BCUT2D eigenvalue weighted by atomic mass is 10.3. The summed E-state index contributed by atoms with van der Waals surface area (Å²) in [6, 6.07) is 3.87. The number of aromatic nitrogens is 2. The van der Waals surface area contributed by atoms with Crippen LogP contribution in [-0.4, -0.2) is 24.1 Å². The molecular formula is C12H16N4O. The van der Waals surface area contributed by atoms with E-state index in [2.05, 4.69) is 20.2 Å². The van der Waals surface area contributed by atoms with Crippen molar-refractivity contribution in [2.45, 2.75) is 13.5 Å². The molecule has 0 aromatic carbocycles. The third-order valence-corrected chi connectivity index (χ3v) is 2.47. The molecule has 5 nitrogen and oxygen atoms in total. The van der Waals surface area contributed by atoms with Gasteiger partial charge in [0.2, 0.25) is 0 Å². The summed E-state index contributed by atoms with van der Waals surface area (Å²) >= 11 is 0. The molecule has 0 bridgehead atoms. The third kappa shape index (κ3) is 2.75. The average molecular weight is 232 g/mol. The highest BCUT2D eigenvalue weighted by molar-refractivity contribution is 5.48. The predicted octanol–water partition coefficient (Wildman–Crippen LogP) is 2.06. The molecule has 0 unspecified atom stereocenters. The average Bonchev–Trinajstić information content (AvgIpc) is 2.81. The standard InChI is InChI=1S/C12H16N4O/c1-9-14-11(13-2)6-12(15-9)16(3)7-10-4-5-17-8-10/h4-6,8H,7H2,1-3H3,(H,13,14,15). The largest absolute Gasteiger partial charge is 0.472 e. The molecule has 0 saturated heterocycles. The van der Waals surface area contributed by atoms with E-state index in [0.29, 0.717) is 0 Å². The van der Waals surface area contributed by atoms with Crippen LogP contribution in [0.1, 0.15) is 11.4 Å². The van der Waals surface area contributed by atoms with Gasteiger partial charge in [0, 0.05) is 32.3 Å². The molecule has 17 heavy (non-hydrogen) atoms. The van der Waals surface area contributed by atoms with Crippen LogP contribution in [0.2, 0.25) is 0 Å². The lowest BCUT2D eigenvalue weighted by Gasteiger charge is -2.18. The molecular weight excluding hydrogens is 216 g/mol. The topological polar surface area (TPSA) is 54.2 Å². The van der Waals surface area contributed by atoms with Crippen molar-refractivity contribution in [2.24, 2.45) is 0 Å². The zero-order valence-corrected chi connectivity index (χ0v) is 10.3. The minimum absolute atomic E-state index is 0.755. The fraction of sp³-hybridized carbons (Fsp3) is 0.333. The van der Waals surface area contributed by atoms with Gasteiger partial charge in [-0.15, -0.1) is 0 Å². The second-order valence-corrected chi connectivity index (χ2v) is 3.90. The summed E-state index contributed by atoms with van der Waals surface area (Å²) in [5.41, 5.74) is 1.12. The Bertz CT molecular complexity index is 481. The van der Waals surface area contributed by atoms with Gasteiger partial charge in [-0.2, -0.15) is 0 Å². The van der Waals surface area contributed by atoms with Gasteiger partial charge >= 0.3 is 0 Å². The summed E-state index contributed by atoms with van der Waals surface area (Å²) in [5.74, 6) is 2.47. The zero-order chi connectivity index (χ0) is 12.3. The summed E-state index contributed by atoms with van der Waals surface area (Å²) in [6.45, 7) is 2.64. The van der Waals surface area contributed by atoms with Gasteiger partial charge in [0.15, 0.2) is 0 Å². The van der Waals surface area contributed by atoms with Crippen LogP contribution in [0.15, 0.2) is 29.1 Å². The Morgan fingerprint density at radius 3 is 2.88 bits per heavy atom. The first-order valence-corrected chi connectivity index (χ1v) is 5.44. The highest BCUT2D eigenvalue weighted by atomic mass is 16.3. The quantitative estimate of drug-likeness (QED) is 0.874. The van der Waals surface area contributed by atoms with Crippen LogP contribution >= 0.6 is 0 Å². The van der Waals surface area contributed by atoms with E-state index >= 15 is 0 Å². The van der Waals surface area contributed by atoms with E-state index < -0.39 is 0 Å². The number of furan rings is 1. The maximum absolute atomic E-state index is 5.05. The van der Waals surface area contributed by atoms with E-state index in [1.54, 1.807) is 12.5 Å². The predicted molar refractivity (Wildman–Crippen MR) is 67.1 cm³/mol. The molecule has 1 N–H and O–H groups in total. The van der Waals surface area contributed by atoms with Crippen molar-refractivity contribution in [1.29, 1.82) is 0 Å². The molecule has 0 aliphatic carbocycles. The van der Waals surface area contributed by atoms with Crippen molar-refractivity contribution in [2.75, 3.05) is 24.3 Å². The van der Waals surface area contributed by atoms with Gasteiger partial charge in [0.25, 0.3) is 0 Å². The minimum atomic E-state index is 0.755. The van der Waals surface area contributed by atoms with Crippen LogP contribution < -0.4 is 10.2 Å². The number of rotatable bonds is 4. The van der Waals surface area contributed by atoms with Crippen molar-refractivity contribution in [3.63, 3.8) is 0 Å². The van der Waals surface area contributed by atoms with Crippen LogP contribution in [0.5, 0.6) is 0 Å². The minimum Gasteiger partial charge on any atom is -0.472 e. The Morgan fingerprint density at radius 2 is 2.24 bits per heavy atom. The van der Waals surface area contributed by atoms with Crippen molar-refractivity contribution in [3.8, 4) is 0 Å². The summed E-state index contributed by atoms with van der Waals surface area (Å²) < 4.78 is 5.05. The number of hydrogen-bond acceptors (Lipinski definition) is 5. The molecule has 5 heteroatoms. The zero-order valence-electron chi connectivity index (χ0n) is 10.3. The number of aryl methyl sites for hydroxylation is 1. The Kier molecular flexibility index (Phi) is 3.27. The molecule has 0 aliphatic rings. The first-order chi connectivity index (χ1) is 8.19. The van der Waals surface area contributed by atoms with E-state index in [1.807, 2.05) is 33.2 Å². The van der Waals surface area contributed by atoms with Gasteiger partial charge in [-0.05, 0) is 13.0 Å². The van der Waals surface area contributed by atoms with Crippen molar-refractivity contribution in [1.82, 2.24) is 9.97 Å². The van der Waals surface area contributed by atoms with Crippen LogP contribution in [-0.2, 0) is 6.54 Å². The Labute approximate surface area is 100 Å². The van der Waals surface area contributed by atoms with Gasteiger partial charge in [-0.25, -0.2) is 9.97 Å². The van der Waals surface area contributed by atoms with Gasteiger partial charge in [0.05, 0.1) is 12.5 Å². The summed E-state index contributed by atoms with van der Waals surface area (Å²) in [6.07, 6.45) is 3.41.